The van der Waals surface area contributed by atoms with Crippen LogP contribution in [0.5, 0.6) is 0 Å². The van der Waals surface area contributed by atoms with Crippen LogP contribution in [0.25, 0.3) is 0 Å². The predicted molar refractivity (Wildman–Crippen MR) is 70.3 cm³/mol. The smallest absolute Gasteiger partial charge is 0.238 e. The fourth-order valence-electron chi connectivity index (χ4n) is 2.09. The van der Waals surface area contributed by atoms with E-state index in [1.165, 1.54) is 18.4 Å². The molecule has 0 unspecified atom stereocenters. The van der Waals surface area contributed by atoms with Gasteiger partial charge in [-0.15, -0.1) is 0 Å². The highest BCUT2D eigenvalue weighted by Gasteiger charge is 2.21. The molecule has 3 nitrogen and oxygen atoms in total. The van der Waals surface area contributed by atoms with Crippen molar-refractivity contribution in [1.82, 2.24) is 5.32 Å². The Morgan fingerprint density at radius 2 is 1.82 bits per heavy atom. The summed E-state index contributed by atoms with van der Waals surface area (Å²) in [6, 6.07) is 4.76. The SMILES string of the molecule is Cc1cc(C)c(NC(=O)CNC2CC2)c(C)c1. The Morgan fingerprint density at radius 1 is 1.24 bits per heavy atom. The number of hydrogen-bond acceptors (Lipinski definition) is 2. The van der Waals surface area contributed by atoms with Gasteiger partial charge in [0.2, 0.25) is 5.91 Å². The molecule has 0 aromatic heterocycles. The van der Waals surface area contributed by atoms with Gasteiger partial charge in [-0.05, 0) is 44.7 Å². The van der Waals surface area contributed by atoms with E-state index < -0.39 is 0 Å². The second-order valence-corrected chi connectivity index (χ2v) is 4.98. The first-order valence-corrected chi connectivity index (χ1v) is 6.17. The molecule has 0 saturated heterocycles. The Hall–Kier alpha value is -1.35. The molecule has 1 saturated carbocycles. The molecule has 1 amide bonds. The summed E-state index contributed by atoms with van der Waals surface area (Å²) in [5.74, 6) is 0.0481. The van der Waals surface area contributed by atoms with Gasteiger partial charge in [-0.3, -0.25) is 4.79 Å². The minimum atomic E-state index is 0.0481. The standard InChI is InChI=1S/C14H20N2O/c1-9-6-10(2)14(11(3)7-9)16-13(17)8-15-12-4-5-12/h6-7,12,15H,4-5,8H2,1-3H3,(H,16,17). The van der Waals surface area contributed by atoms with Gasteiger partial charge in [0.15, 0.2) is 0 Å². The van der Waals surface area contributed by atoms with Crippen molar-refractivity contribution < 1.29 is 4.79 Å². The fourth-order valence-corrected chi connectivity index (χ4v) is 2.09. The summed E-state index contributed by atoms with van der Waals surface area (Å²) in [6.45, 7) is 6.55. The summed E-state index contributed by atoms with van der Waals surface area (Å²) in [5.41, 5.74) is 4.44. The first kappa shape index (κ1) is 12.1. The number of amides is 1. The molecule has 1 aliphatic carbocycles. The van der Waals surface area contributed by atoms with E-state index in [1.54, 1.807) is 0 Å². The lowest BCUT2D eigenvalue weighted by Crippen LogP contribution is -2.29. The van der Waals surface area contributed by atoms with E-state index in [0.717, 1.165) is 16.8 Å². The zero-order chi connectivity index (χ0) is 12.4. The van der Waals surface area contributed by atoms with Crippen LogP contribution >= 0.6 is 0 Å². The van der Waals surface area contributed by atoms with E-state index in [4.69, 9.17) is 0 Å². The average molecular weight is 232 g/mol. The zero-order valence-corrected chi connectivity index (χ0v) is 10.8. The normalized spacial score (nSPS) is 14.8. The van der Waals surface area contributed by atoms with Crippen molar-refractivity contribution in [2.24, 2.45) is 0 Å². The predicted octanol–water partition coefficient (Wildman–Crippen LogP) is 2.30. The quantitative estimate of drug-likeness (QED) is 0.836. The van der Waals surface area contributed by atoms with E-state index in [-0.39, 0.29) is 5.91 Å². The maximum atomic E-state index is 11.8. The number of carbonyl (C=O) groups is 1. The van der Waals surface area contributed by atoms with E-state index in [0.29, 0.717) is 12.6 Å². The van der Waals surface area contributed by atoms with Gasteiger partial charge in [0, 0.05) is 11.7 Å². The van der Waals surface area contributed by atoms with Gasteiger partial charge in [-0.1, -0.05) is 17.7 Å². The molecule has 0 bridgehead atoms. The minimum absolute atomic E-state index is 0.0481. The van der Waals surface area contributed by atoms with Crippen LogP contribution in [-0.4, -0.2) is 18.5 Å². The van der Waals surface area contributed by atoms with E-state index in [9.17, 15) is 4.79 Å². The van der Waals surface area contributed by atoms with Gasteiger partial charge < -0.3 is 10.6 Å². The number of hydrogen-bond donors (Lipinski definition) is 2. The number of benzene rings is 1. The Morgan fingerprint density at radius 3 is 2.35 bits per heavy atom. The highest BCUT2D eigenvalue weighted by molar-refractivity contribution is 5.93. The van der Waals surface area contributed by atoms with E-state index in [2.05, 4.69) is 29.7 Å². The maximum absolute atomic E-state index is 11.8. The molecular formula is C14H20N2O. The summed E-state index contributed by atoms with van der Waals surface area (Å²) in [7, 11) is 0. The van der Waals surface area contributed by atoms with Crippen LogP contribution in [0.2, 0.25) is 0 Å². The number of aryl methyl sites for hydroxylation is 3. The van der Waals surface area contributed by atoms with Gasteiger partial charge in [0.05, 0.1) is 6.54 Å². The number of anilines is 1. The molecule has 0 atom stereocenters. The molecule has 17 heavy (non-hydrogen) atoms. The lowest BCUT2D eigenvalue weighted by molar-refractivity contribution is -0.115. The number of rotatable bonds is 4. The highest BCUT2D eigenvalue weighted by Crippen LogP contribution is 2.22. The molecule has 2 rings (SSSR count). The van der Waals surface area contributed by atoms with Crippen molar-refractivity contribution in [1.29, 1.82) is 0 Å². The number of carbonyl (C=O) groups excluding carboxylic acids is 1. The third-order valence-electron chi connectivity index (χ3n) is 3.07. The highest BCUT2D eigenvalue weighted by atomic mass is 16.1. The maximum Gasteiger partial charge on any atom is 0.238 e. The minimum Gasteiger partial charge on any atom is -0.324 e. The van der Waals surface area contributed by atoms with Crippen molar-refractivity contribution in [3.8, 4) is 0 Å². The molecule has 1 aromatic carbocycles. The Kier molecular flexibility index (Phi) is 3.48. The Balaban J connectivity index is 1.99. The van der Waals surface area contributed by atoms with Gasteiger partial charge in [-0.2, -0.15) is 0 Å². The topological polar surface area (TPSA) is 41.1 Å². The first-order valence-electron chi connectivity index (χ1n) is 6.17. The van der Waals surface area contributed by atoms with Gasteiger partial charge in [0.25, 0.3) is 0 Å². The molecule has 0 spiro atoms. The van der Waals surface area contributed by atoms with Crippen LogP contribution < -0.4 is 10.6 Å². The third-order valence-corrected chi connectivity index (χ3v) is 3.07. The van der Waals surface area contributed by atoms with Crippen LogP contribution in [0, 0.1) is 20.8 Å². The second-order valence-electron chi connectivity index (χ2n) is 4.98. The summed E-state index contributed by atoms with van der Waals surface area (Å²) >= 11 is 0. The van der Waals surface area contributed by atoms with Crippen LogP contribution in [0.1, 0.15) is 29.5 Å². The lowest BCUT2D eigenvalue weighted by atomic mass is 10.1. The molecule has 92 valence electrons. The van der Waals surface area contributed by atoms with Crippen molar-refractivity contribution in [3.05, 3.63) is 28.8 Å². The van der Waals surface area contributed by atoms with E-state index in [1.807, 2.05) is 13.8 Å². The Bertz CT molecular complexity index is 413. The summed E-state index contributed by atoms with van der Waals surface area (Å²) < 4.78 is 0. The monoisotopic (exact) mass is 232 g/mol. The molecule has 1 aliphatic rings. The summed E-state index contributed by atoms with van der Waals surface area (Å²) in [6.07, 6.45) is 2.41. The zero-order valence-electron chi connectivity index (χ0n) is 10.8. The van der Waals surface area contributed by atoms with Crippen molar-refractivity contribution in [2.45, 2.75) is 39.7 Å². The molecule has 3 heteroatoms. The van der Waals surface area contributed by atoms with Gasteiger partial charge in [-0.25, -0.2) is 0 Å². The molecule has 0 heterocycles. The molecule has 0 aliphatic heterocycles. The van der Waals surface area contributed by atoms with E-state index >= 15 is 0 Å². The lowest BCUT2D eigenvalue weighted by Gasteiger charge is -2.13. The summed E-state index contributed by atoms with van der Waals surface area (Å²) in [4.78, 5) is 11.8. The van der Waals surface area contributed by atoms with Crippen LogP contribution in [0.3, 0.4) is 0 Å². The van der Waals surface area contributed by atoms with Gasteiger partial charge in [0.1, 0.15) is 0 Å². The fraction of sp³-hybridized carbons (Fsp3) is 0.500. The molecular weight excluding hydrogens is 212 g/mol. The first-order chi connectivity index (χ1) is 8.06. The van der Waals surface area contributed by atoms with Crippen LogP contribution in [0.4, 0.5) is 5.69 Å². The summed E-state index contributed by atoms with van der Waals surface area (Å²) in [5, 5.41) is 6.20. The van der Waals surface area contributed by atoms with Crippen molar-refractivity contribution in [3.63, 3.8) is 0 Å². The third kappa shape index (κ3) is 3.30. The average Bonchev–Trinajstić information content (AvgIpc) is 3.04. The Labute approximate surface area is 103 Å². The number of nitrogens with one attached hydrogen (secondary N) is 2. The molecule has 0 radical (unpaired) electrons. The van der Waals surface area contributed by atoms with Crippen molar-refractivity contribution in [2.75, 3.05) is 11.9 Å². The largest absolute Gasteiger partial charge is 0.324 e. The van der Waals surface area contributed by atoms with Crippen LogP contribution in [0.15, 0.2) is 12.1 Å². The molecule has 1 aromatic rings. The molecule has 1 fully saturated rings. The van der Waals surface area contributed by atoms with Crippen LogP contribution in [-0.2, 0) is 4.79 Å². The van der Waals surface area contributed by atoms with Crippen molar-refractivity contribution >= 4 is 11.6 Å². The molecule has 2 N–H and O–H groups in total. The van der Waals surface area contributed by atoms with Gasteiger partial charge >= 0.3 is 0 Å². The second kappa shape index (κ2) is 4.88.